The molecule has 0 spiro atoms. The number of amides is 1. The van der Waals surface area contributed by atoms with Crippen molar-refractivity contribution in [1.82, 2.24) is 15.1 Å². The van der Waals surface area contributed by atoms with Gasteiger partial charge < -0.3 is 25.0 Å². The zero-order chi connectivity index (χ0) is 29.9. The fourth-order valence-corrected chi connectivity index (χ4v) is 6.49. The molecule has 1 heterocycles. The summed E-state index contributed by atoms with van der Waals surface area (Å²) in [5, 5.41) is 24.0. The van der Waals surface area contributed by atoms with Crippen molar-refractivity contribution in [3.05, 3.63) is 52.6 Å². The lowest BCUT2D eigenvalue weighted by molar-refractivity contribution is -0.384. The lowest BCUT2D eigenvalue weighted by Gasteiger charge is -2.39. The van der Waals surface area contributed by atoms with Gasteiger partial charge in [0.2, 0.25) is 0 Å². The molecule has 2 aliphatic rings. The van der Waals surface area contributed by atoms with Crippen LogP contribution in [0.15, 0.2) is 36.9 Å². The first kappa shape index (κ1) is 32.5. The molecule has 1 saturated carbocycles. The van der Waals surface area contributed by atoms with Crippen molar-refractivity contribution < 1.29 is 24.4 Å². The molecule has 0 aromatic heterocycles. The molecular weight excluding hydrogens is 524 g/mol. The third-order valence-corrected chi connectivity index (χ3v) is 8.50. The van der Waals surface area contributed by atoms with Crippen LogP contribution < -0.4 is 5.32 Å². The molecule has 0 bridgehead atoms. The van der Waals surface area contributed by atoms with E-state index in [1.807, 2.05) is 0 Å². The molecule has 1 aliphatic heterocycles. The molecule has 1 aromatic rings. The molecule has 1 aliphatic carbocycles. The van der Waals surface area contributed by atoms with E-state index in [1.54, 1.807) is 23.1 Å². The number of likely N-dealkylation sites (tertiary alicyclic amines) is 1. The highest BCUT2D eigenvalue weighted by atomic mass is 16.6. The number of non-ortho nitro benzene ring substituents is 1. The first-order chi connectivity index (χ1) is 19.6. The highest BCUT2D eigenvalue weighted by Gasteiger charge is 2.37. The van der Waals surface area contributed by atoms with Gasteiger partial charge in [-0.2, -0.15) is 0 Å². The maximum atomic E-state index is 13.0. The van der Waals surface area contributed by atoms with Crippen LogP contribution in [0.2, 0.25) is 0 Å². The van der Waals surface area contributed by atoms with Crippen LogP contribution in [-0.4, -0.2) is 76.2 Å². The van der Waals surface area contributed by atoms with Gasteiger partial charge in [-0.15, -0.1) is 6.58 Å². The number of aliphatic carboxylic acids is 1. The molecule has 2 N–H and O–H groups in total. The number of nitrogens with one attached hydrogen (secondary N) is 1. The van der Waals surface area contributed by atoms with E-state index in [9.17, 15) is 24.8 Å². The molecule has 10 nitrogen and oxygen atoms in total. The predicted molar refractivity (Wildman–Crippen MR) is 159 cm³/mol. The van der Waals surface area contributed by atoms with Crippen LogP contribution in [0.4, 0.5) is 10.5 Å². The molecule has 41 heavy (non-hydrogen) atoms. The van der Waals surface area contributed by atoms with Crippen LogP contribution in [0.3, 0.4) is 0 Å². The number of piperidine rings is 1. The highest BCUT2D eigenvalue weighted by molar-refractivity contribution is 5.73. The number of nitrogens with zero attached hydrogens (tertiary/aromatic N) is 3. The Morgan fingerprint density at radius 2 is 1.88 bits per heavy atom. The van der Waals surface area contributed by atoms with Crippen molar-refractivity contribution in [2.45, 2.75) is 90.4 Å². The number of nitro benzene ring substituents is 1. The second-order valence-corrected chi connectivity index (χ2v) is 12.1. The number of rotatable bonds is 15. The Hall–Kier alpha value is -2.98. The lowest BCUT2D eigenvalue weighted by atomic mass is 9.90. The SMILES string of the molecule is C=CCN(C(=O)OCc1ccc([N+](=O)[O-])cc1)C1CCN(C[C@H]2CC(NC(CC(C)C)C(=O)O)CC2CCC)CC1. The first-order valence-electron chi connectivity index (χ1n) is 15.1. The highest BCUT2D eigenvalue weighted by Crippen LogP contribution is 2.37. The van der Waals surface area contributed by atoms with Crippen LogP contribution in [0, 0.1) is 27.9 Å². The third kappa shape index (κ3) is 9.81. The van der Waals surface area contributed by atoms with Crippen molar-refractivity contribution in [3.8, 4) is 0 Å². The minimum atomic E-state index is -0.758. The number of benzene rings is 1. The van der Waals surface area contributed by atoms with Crippen molar-refractivity contribution in [2.75, 3.05) is 26.2 Å². The Kier molecular flexibility index (Phi) is 12.6. The maximum Gasteiger partial charge on any atom is 0.410 e. The average Bonchev–Trinajstić information content (AvgIpc) is 3.31. The van der Waals surface area contributed by atoms with Gasteiger partial charge in [0, 0.05) is 50.4 Å². The summed E-state index contributed by atoms with van der Waals surface area (Å²) in [6.45, 7) is 13.4. The van der Waals surface area contributed by atoms with Crippen LogP contribution in [0.1, 0.15) is 71.3 Å². The normalized spacial score (nSPS) is 22.4. The average molecular weight is 573 g/mol. The van der Waals surface area contributed by atoms with Crippen molar-refractivity contribution >= 4 is 17.7 Å². The molecule has 4 atom stereocenters. The summed E-state index contributed by atoms with van der Waals surface area (Å²) < 4.78 is 5.56. The minimum Gasteiger partial charge on any atom is -0.480 e. The summed E-state index contributed by atoms with van der Waals surface area (Å²) in [7, 11) is 0. The van der Waals surface area contributed by atoms with Gasteiger partial charge >= 0.3 is 12.1 Å². The molecule has 0 radical (unpaired) electrons. The fraction of sp³-hybridized carbons (Fsp3) is 0.677. The Balaban J connectivity index is 1.51. The fourth-order valence-electron chi connectivity index (χ4n) is 6.49. The second-order valence-electron chi connectivity index (χ2n) is 12.1. The largest absolute Gasteiger partial charge is 0.480 e. The van der Waals surface area contributed by atoms with Crippen molar-refractivity contribution in [2.24, 2.45) is 17.8 Å². The van der Waals surface area contributed by atoms with E-state index in [0.29, 0.717) is 36.3 Å². The monoisotopic (exact) mass is 572 g/mol. The molecule has 2 fully saturated rings. The zero-order valence-electron chi connectivity index (χ0n) is 24.9. The topological polar surface area (TPSA) is 125 Å². The standard InChI is InChI=1S/C31H48N4O6/c1-5-7-24-18-26(32-29(30(36)37)17-22(3)4)19-25(24)20-33-15-12-27(13-16-33)34(14-6-2)31(38)41-21-23-8-10-28(11-9-23)35(39)40/h6,8-11,22,24-27,29,32H,2,5,7,12-21H2,1,3-4H3,(H,36,37)/t24?,25-,26?,29?/m1/s1. The Bertz CT molecular complexity index is 1010. The van der Waals surface area contributed by atoms with E-state index in [1.165, 1.54) is 12.1 Å². The van der Waals surface area contributed by atoms with E-state index in [4.69, 9.17) is 4.74 Å². The predicted octanol–water partition coefficient (Wildman–Crippen LogP) is 5.47. The quantitative estimate of drug-likeness (QED) is 0.161. The summed E-state index contributed by atoms with van der Waals surface area (Å²) in [6.07, 6.45) is 7.98. The van der Waals surface area contributed by atoms with E-state index in [0.717, 1.165) is 58.2 Å². The van der Waals surface area contributed by atoms with Gasteiger partial charge in [-0.05, 0) is 67.6 Å². The van der Waals surface area contributed by atoms with Crippen molar-refractivity contribution in [3.63, 3.8) is 0 Å². The third-order valence-electron chi connectivity index (χ3n) is 8.50. The van der Waals surface area contributed by atoms with Crippen LogP contribution in [0.5, 0.6) is 0 Å². The van der Waals surface area contributed by atoms with Gasteiger partial charge in [0.1, 0.15) is 12.6 Å². The number of hydrogen-bond donors (Lipinski definition) is 2. The number of carboxylic acid groups (broad SMARTS) is 1. The summed E-state index contributed by atoms with van der Waals surface area (Å²) in [5.41, 5.74) is 0.697. The summed E-state index contributed by atoms with van der Waals surface area (Å²) in [5.74, 6) is 0.698. The van der Waals surface area contributed by atoms with Gasteiger partial charge in [0.15, 0.2) is 0 Å². The zero-order valence-corrected chi connectivity index (χ0v) is 24.9. The number of nitro groups is 1. The van der Waals surface area contributed by atoms with E-state index >= 15 is 0 Å². The minimum absolute atomic E-state index is 0.00102. The lowest BCUT2D eigenvalue weighted by Crippen LogP contribution is -2.48. The Morgan fingerprint density at radius 1 is 1.22 bits per heavy atom. The number of carbonyl (C=O) groups excluding carboxylic acids is 1. The Morgan fingerprint density at radius 3 is 2.44 bits per heavy atom. The summed E-state index contributed by atoms with van der Waals surface area (Å²) >= 11 is 0. The number of hydrogen-bond acceptors (Lipinski definition) is 7. The molecule has 1 saturated heterocycles. The van der Waals surface area contributed by atoms with Gasteiger partial charge in [-0.1, -0.05) is 39.7 Å². The van der Waals surface area contributed by atoms with Gasteiger partial charge in [0.25, 0.3) is 5.69 Å². The molecule has 1 amide bonds. The summed E-state index contributed by atoms with van der Waals surface area (Å²) in [6, 6.07) is 5.82. The van der Waals surface area contributed by atoms with Gasteiger partial charge in [0.05, 0.1) is 4.92 Å². The molecule has 1 aromatic carbocycles. The second kappa shape index (κ2) is 15.9. The van der Waals surface area contributed by atoms with Crippen molar-refractivity contribution in [1.29, 1.82) is 0 Å². The van der Waals surface area contributed by atoms with E-state index < -0.39 is 23.0 Å². The number of ether oxygens (including phenoxy) is 1. The Labute approximate surface area is 244 Å². The van der Waals surface area contributed by atoms with Crippen LogP contribution in [0.25, 0.3) is 0 Å². The number of carboxylic acids is 1. The summed E-state index contributed by atoms with van der Waals surface area (Å²) in [4.78, 5) is 39.5. The molecule has 10 heteroatoms. The molecular formula is C31H48N4O6. The van der Waals surface area contributed by atoms with Gasteiger partial charge in [-0.3, -0.25) is 14.9 Å². The molecule has 228 valence electrons. The van der Waals surface area contributed by atoms with E-state index in [2.05, 4.69) is 37.6 Å². The molecule has 3 unspecified atom stereocenters. The first-order valence-corrected chi connectivity index (χ1v) is 15.1. The smallest absolute Gasteiger partial charge is 0.410 e. The molecule has 3 rings (SSSR count). The maximum absolute atomic E-state index is 13.0. The van der Waals surface area contributed by atoms with Gasteiger partial charge in [-0.25, -0.2) is 4.79 Å². The van der Waals surface area contributed by atoms with Crippen LogP contribution in [-0.2, 0) is 16.1 Å². The van der Waals surface area contributed by atoms with Crippen LogP contribution >= 0.6 is 0 Å². The van der Waals surface area contributed by atoms with E-state index in [-0.39, 0.29) is 24.4 Å². The number of carbonyl (C=O) groups is 2.